The summed E-state index contributed by atoms with van der Waals surface area (Å²) in [6.45, 7) is 6.98. The first-order valence-electron chi connectivity index (χ1n) is 10.9. The topological polar surface area (TPSA) is 69.1 Å². The van der Waals surface area contributed by atoms with Gasteiger partial charge in [-0.2, -0.15) is 0 Å². The summed E-state index contributed by atoms with van der Waals surface area (Å²) in [5.41, 5.74) is 1.26. The molecule has 0 radical (unpaired) electrons. The standard InChI is InChI=1S/C23H34N4O4/c1-29-14-15-30-16-17-31-20-23(28)26-10-5-9-25(12-13-26)19-22-24-8-11-27(22)18-21-6-3-2-4-7-21/h2-4,6-8,11H,5,9-10,12-20H2,1H3. The Morgan fingerprint density at radius 3 is 2.61 bits per heavy atom. The van der Waals surface area contributed by atoms with E-state index in [0.29, 0.717) is 33.0 Å². The molecule has 2 aromatic rings. The number of aromatic nitrogens is 2. The molecule has 1 aliphatic rings. The van der Waals surface area contributed by atoms with Crippen molar-refractivity contribution in [3.05, 3.63) is 54.1 Å². The minimum Gasteiger partial charge on any atom is -0.382 e. The fourth-order valence-electron chi connectivity index (χ4n) is 3.61. The highest BCUT2D eigenvalue weighted by molar-refractivity contribution is 5.77. The minimum absolute atomic E-state index is 0.0457. The second-order valence-corrected chi connectivity index (χ2v) is 7.63. The largest absolute Gasteiger partial charge is 0.382 e. The molecule has 1 amide bonds. The molecule has 0 aliphatic carbocycles. The van der Waals surface area contributed by atoms with Gasteiger partial charge in [0.15, 0.2) is 0 Å². The molecule has 1 saturated heterocycles. The van der Waals surface area contributed by atoms with Crippen LogP contribution in [-0.2, 0) is 32.1 Å². The normalized spacial score (nSPS) is 15.2. The lowest BCUT2D eigenvalue weighted by molar-refractivity contribution is -0.136. The van der Waals surface area contributed by atoms with Crippen molar-refractivity contribution in [3.63, 3.8) is 0 Å². The number of carbonyl (C=O) groups excluding carboxylic acids is 1. The fourth-order valence-corrected chi connectivity index (χ4v) is 3.61. The molecule has 170 valence electrons. The Kier molecular flexibility index (Phi) is 9.98. The SMILES string of the molecule is COCCOCCOCC(=O)N1CCCN(Cc2nccn2Cc2ccccc2)CC1. The van der Waals surface area contributed by atoms with Crippen molar-refractivity contribution in [2.24, 2.45) is 0 Å². The van der Waals surface area contributed by atoms with E-state index in [0.717, 1.165) is 45.0 Å². The molecule has 2 heterocycles. The van der Waals surface area contributed by atoms with Crippen molar-refractivity contribution in [2.45, 2.75) is 19.5 Å². The Labute approximate surface area is 184 Å². The smallest absolute Gasteiger partial charge is 0.248 e. The number of nitrogens with zero attached hydrogens (tertiary/aromatic N) is 4. The highest BCUT2D eigenvalue weighted by Crippen LogP contribution is 2.11. The summed E-state index contributed by atoms with van der Waals surface area (Å²) < 4.78 is 17.9. The molecular formula is C23H34N4O4. The summed E-state index contributed by atoms with van der Waals surface area (Å²) in [4.78, 5) is 21.3. The van der Waals surface area contributed by atoms with Crippen molar-refractivity contribution < 1.29 is 19.0 Å². The van der Waals surface area contributed by atoms with Gasteiger partial charge in [-0.15, -0.1) is 0 Å². The zero-order valence-corrected chi connectivity index (χ0v) is 18.4. The molecule has 0 unspecified atom stereocenters. The number of amides is 1. The maximum Gasteiger partial charge on any atom is 0.248 e. The van der Waals surface area contributed by atoms with Crippen LogP contribution in [0, 0.1) is 0 Å². The predicted molar refractivity (Wildman–Crippen MR) is 118 cm³/mol. The van der Waals surface area contributed by atoms with E-state index < -0.39 is 0 Å². The minimum atomic E-state index is 0.0457. The lowest BCUT2D eigenvalue weighted by Crippen LogP contribution is -2.37. The van der Waals surface area contributed by atoms with E-state index >= 15 is 0 Å². The first-order valence-corrected chi connectivity index (χ1v) is 10.9. The van der Waals surface area contributed by atoms with Gasteiger partial charge < -0.3 is 23.7 Å². The van der Waals surface area contributed by atoms with E-state index in [-0.39, 0.29) is 12.5 Å². The lowest BCUT2D eigenvalue weighted by Gasteiger charge is -2.22. The summed E-state index contributed by atoms with van der Waals surface area (Å²) in [7, 11) is 1.64. The molecule has 1 aliphatic heterocycles. The summed E-state index contributed by atoms with van der Waals surface area (Å²) in [6.07, 6.45) is 4.85. The molecule has 0 atom stereocenters. The van der Waals surface area contributed by atoms with Crippen LogP contribution in [0.4, 0.5) is 0 Å². The van der Waals surface area contributed by atoms with Crippen LogP contribution in [-0.4, -0.2) is 91.6 Å². The van der Waals surface area contributed by atoms with Crippen LogP contribution in [0.15, 0.2) is 42.7 Å². The Hall–Kier alpha value is -2.26. The van der Waals surface area contributed by atoms with E-state index in [4.69, 9.17) is 14.2 Å². The molecular weight excluding hydrogens is 396 g/mol. The highest BCUT2D eigenvalue weighted by atomic mass is 16.5. The third-order valence-corrected chi connectivity index (χ3v) is 5.33. The van der Waals surface area contributed by atoms with Gasteiger partial charge in [-0.05, 0) is 12.0 Å². The fraction of sp³-hybridized carbons (Fsp3) is 0.565. The Balaban J connectivity index is 1.39. The first kappa shape index (κ1) is 23.4. The summed E-state index contributed by atoms with van der Waals surface area (Å²) in [5.74, 6) is 1.10. The number of benzene rings is 1. The maximum atomic E-state index is 12.5. The number of hydrogen-bond acceptors (Lipinski definition) is 6. The van der Waals surface area contributed by atoms with Crippen LogP contribution in [0.2, 0.25) is 0 Å². The zero-order chi connectivity index (χ0) is 21.7. The number of ether oxygens (including phenoxy) is 3. The third-order valence-electron chi connectivity index (χ3n) is 5.33. The number of methoxy groups -OCH3 is 1. The first-order chi connectivity index (χ1) is 15.3. The third kappa shape index (κ3) is 8.06. The van der Waals surface area contributed by atoms with Crippen molar-refractivity contribution in [1.29, 1.82) is 0 Å². The summed E-state index contributed by atoms with van der Waals surface area (Å²) in [6, 6.07) is 10.4. The molecule has 0 spiro atoms. The van der Waals surface area contributed by atoms with Crippen LogP contribution < -0.4 is 0 Å². The Morgan fingerprint density at radius 2 is 1.77 bits per heavy atom. The van der Waals surface area contributed by atoms with Gasteiger partial charge in [0.05, 0.1) is 33.0 Å². The Morgan fingerprint density at radius 1 is 0.968 bits per heavy atom. The monoisotopic (exact) mass is 430 g/mol. The molecule has 1 aromatic carbocycles. The van der Waals surface area contributed by atoms with Crippen molar-refractivity contribution in [2.75, 3.05) is 66.3 Å². The molecule has 3 rings (SSSR count). The van der Waals surface area contributed by atoms with Gasteiger partial charge in [-0.3, -0.25) is 9.69 Å². The average molecular weight is 431 g/mol. The van der Waals surface area contributed by atoms with Crippen molar-refractivity contribution >= 4 is 5.91 Å². The van der Waals surface area contributed by atoms with Crippen LogP contribution in [0.1, 0.15) is 17.8 Å². The van der Waals surface area contributed by atoms with Gasteiger partial charge in [0.1, 0.15) is 12.4 Å². The van der Waals surface area contributed by atoms with Gasteiger partial charge >= 0.3 is 0 Å². The van der Waals surface area contributed by atoms with Crippen LogP contribution in [0.5, 0.6) is 0 Å². The molecule has 1 fully saturated rings. The highest BCUT2D eigenvalue weighted by Gasteiger charge is 2.20. The lowest BCUT2D eigenvalue weighted by atomic mass is 10.2. The van der Waals surface area contributed by atoms with Crippen LogP contribution in [0.25, 0.3) is 0 Å². The molecule has 1 aromatic heterocycles. The van der Waals surface area contributed by atoms with Crippen LogP contribution >= 0.6 is 0 Å². The summed E-state index contributed by atoms with van der Waals surface area (Å²) in [5, 5.41) is 0. The van der Waals surface area contributed by atoms with E-state index in [1.54, 1.807) is 7.11 Å². The molecule has 8 heteroatoms. The molecule has 0 N–H and O–H groups in total. The van der Waals surface area contributed by atoms with E-state index in [2.05, 4.69) is 38.7 Å². The molecule has 0 bridgehead atoms. The van der Waals surface area contributed by atoms with E-state index in [1.807, 2.05) is 23.4 Å². The van der Waals surface area contributed by atoms with Crippen molar-refractivity contribution in [3.8, 4) is 0 Å². The predicted octanol–water partition coefficient (Wildman–Crippen LogP) is 1.65. The van der Waals surface area contributed by atoms with Gasteiger partial charge in [0.2, 0.25) is 5.91 Å². The van der Waals surface area contributed by atoms with E-state index in [9.17, 15) is 4.79 Å². The number of carbonyl (C=O) groups is 1. The van der Waals surface area contributed by atoms with E-state index in [1.165, 1.54) is 5.56 Å². The number of rotatable bonds is 12. The zero-order valence-electron chi connectivity index (χ0n) is 18.4. The second-order valence-electron chi connectivity index (χ2n) is 7.63. The molecule has 0 saturated carbocycles. The van der Waals surface area contributed by atoms with Crippen molar-refractivity contribution in [1.82, 2.24) is 19.4 Å². The van der Waals surface area contributed by atoms with Crippen LogP contribution in [0.3, 0.4) is 0 Å². The Bertz CT molecular complexity index is 768. The number of imidazole rings is 1. The average Bonchev–Trinajstić information content (AvgIpc) is 3.07. The van der Waals surface area contributed by atoms with Gasteiger partial charge in [0, 0.05) is 52.2 Å². The van der Waals surface area contributed by atoms with Gasteiger partial charge in [-0.25, -0.2) is 4.98 Å². The molecule has 8 nitrogen and oxygen atoms in total. The van der Waals surface area contributed by atoms with Gasteiger partial charge in [0.25, 0.3) is 0 Å². The molecule has 31 heavy (non-hydrogen) atoms. The summed E-state index contributed by atoms with van der Waals surface area (Å²) >= 11 is 0. The number of hydrogen-bond donors (Lipinski definition) is 0. The quantitative estimate of drug-likeness (QED) is 0.477. The van der Waals surface area contributed by atoms with Gasteiger partial charge in [-0.1, -0.05) is 30.3 Å². The maximum absolute atomic E-state index is 12.5. The second kappa shape index (κ2) is 13.2.